The summed E-state index contributed by atoms with van der Waals surface area (Å²) in [5.41, 5.74) is 2.82. The van der Waals surface area contributed by atoms with Gasteiger partial charge in [0.2, 0.25) is 0 Å². The molecule has 0 spiro atoms. The third-order valence-electron chi connectivity index (χ3n) is 4.77. The molecular formula is C18H22N2O. The molecule has 2 unspecified atom stereocenters. The first kappa shape index (κ1) is 13.1. The van der Waals surface area contributed by atoms with Crippen molar-refractivity contribution in [3.63, 3.8) is 0 Å². The second kappa shape index (κ2) is 5.66. The predicted octanol–water partition coefficient (Wildman–Crippen LogP) is 2.93. The maximum atomic E-state index is 5.56. The highest BCUT2D eigenvalue weighted by atomic mass is 16.5. The smallest absolute Gasteiger partial charge is 0.0756 e. The Morgan fingerprint density at radius 3 is 2.76 bits per heavy atom. The van der Waals surface area contributed by atoms with Crippen LogP contribution in [0.1, 0.15) is 23.7 Å². The van der Waals surface area contributed by atoms with Crippen molar-refractivity contribution in [1.29, 1.82) is 0 Å². The summed E-state index contributed by atoms with van der Waals surface area (Å²) in [7, 11) is 0. The highest BCUT2D eigenvalue weighted by Gasteiger charge is 2.31. The van der Waals surface area contributed by atoms with Gasteiger partial charge in [0.1, 0.15) is 0 Å². The fourth-order valence-electron chi connectivity index (χ4n) is 3.70. The topological polar surface area (TPSA) is 17.4 Å². The highest BCUT2D eigenvalue weighted by molar-refractivity contribution is 5.30. The largest absolute Gasteiger partial charge is 0.381 e. The summed E-state index contributed by atoms with van der Waals surface area (Å²) in [5, 5.41) is 0. The van der Waals surface area contributed by atoms with Crippen LogP contribution in [0.25, 0.3) is 0 Å². The van der Waals surface area contributed by atoms with Crippen molar-refractivity contribution in [3.8, 4) is 0 Å². The zero-order valence-electron chi connectivity index (χ0n) is 12.3. The van der Waals surface area contributed by atoms with E-state index in [1.165, 1.54) is 17.7 Å². The summed E-state index contributed by atoms with van der Waals surface area (Å²) in [6, 6.07) is 15.7. The number of nitrogens with zero attached hydrogens (tertiary/aromatic N) is 2. The molecule has 0 radical (unpaired) electrons. The van der Waals surface area contributed by atoms with Gasteiger partial charge in [0.25, 0.3) is 0 Å². The summed E-state index contributed by atoms with van der Waals surface area (Å²) < 4.78 is 7.96. The number of aromatic nitrogens is 1. The van der Waals surface area contributed by atoms with Crippen LogP contribution in [0.5, 0.6) is 0 Å². The molecule has 2 atom stereocenters. The van der Waals surface area contributed by atoms with Crippen LogP contribution < -0.4 is 0 Å². The van der Waals surface area contributed by atoms with Crippen LogP contribution in [-0.2, 0) is 11.3 Å². The fraction of sp³-hybridized carbons (Fsp3) is 0.444. The third-order valence-corrected chi connectivity index (χ3v) is 4.77. The van der Waals surface area contributed by atoms with Crippen LogP contribution in [0, 0.1) is 5.92 Å². The molecule has 2 aliphatic rings. The van der Waals surface area contributed by atoms with Crippen molar-refractivity contribution in [2.75, 3.05) is 26.3 Å². The van der Waals surface area contributed by atoms with Gasteiger partial charge in [-0.25, -0.2) is 0 Å². The molecule has 21 heavy (non-hydrogen) atoms. The van der Waals surface area contributed by atoms with Crippen molar-refractivity contribution >= 4 is 0 Å². The number of hydrogen-bond acceptors (Lipinski definition) is 2. The maximum absolute atomic E-state index is 5.56. The third kappa shape index (κ3) is 2.52. The number of rotatable bonds is 3. The van der Waals surface area contributed by atoms with E-state index >= 15 is 0 Å². The predicted molar refractivity (Wildman–Crippen MR) is 83.2 cm³/mol. The van der Waals surface area contributed by atoms with E-state index in [1.54, 1.807) is 0 Å². The quantitative estimate of drug-likeness (QED) is 0.861. The molecule has 2 aliphatic heterocycles. The summed E-state index contributed by atoms with van der Waals surface area (Å²) in [4.78, 5) is 2.64. The Hall–Kier alpha value is -1.58. The van der Waals surface area contributed by atoms with Gasteiger partial charge in [-0.2, -0.15) is 0 Å². The number of fused-ring (bicyclic) bond motifs is 1. The van der Waals surface area contributed by atoms with Crippen molar-refractivity contribution in [2.45, 2.75) is 19.0 Å². The van der Waals surface area contributed by atoms with Gasteiger partial charge < -0.3 is 9.30 Å². The molecule has 1 saturated heterocycles. The minimum Gasteiger partial charge on any atom is -0.381 e. The number of benzene rings is 1. The van der Waals surface area contributed by atoms with Crippen LogP contribution in [0.4, 0.5) is 0 Å². The highest BCUT2D eigenvalue weighted by Crippen LogP contribution is 2.33. The van der Waals surface area contributed by atoms with E-state index in [9.17, 15) is 0 Å². The van der Waals surface area contributed by atoms with E-state index < -0.39 is 0 Å². The van der Waals surface area contributed by atoms with E-state index in [2.05, 4.69) is 58.1 Å². The van der Waals surface area contributed by atoms with Crippen LogP contribution in [0.3, 0.4) is 0 Å². The molecule has 0 amide bonds. The molecule has 0 bridgehead atoms. The molecule has 1 aromatic carbocycles. The molecule has 3 heteroatoms. The summed E-state index contributed by atoms with van der Waals surface area (Å²) in [6.07, 6.45) is 3.42. The Morgan fingerprint density at radius 2 is 1.95 bits per heavy atom. The van der Waals surface area contributed by atoms with Crippen molar-refractivity contribution in [1.82, 2.24) is 9.47 Å². The Kier molecular flexibility index (Phi) is 3.53. The van der Waals surface area contributed by atoms with E-state index in [0.717, 1.165) is 32.8 Å². The second-order valence-corrected chi connectivity index (χ2v) is 6.16. The first-order valence-electron chi connectivity index (χ1n) is 7.93. The SMILES string of the molecule is c1ccc(C2c3cccn3CCN2CC2CCOC2)cc1. The molecule has 2 aromatic rings. The lowest BCUT2D eigenvalue weighted by atomic mass is 9.98. The van der Waals surface area contributed by atoms with E-state index in [1.807, 2.05) is 0 Å². The van der Waals surface area contributed by atoms with Crippen LogP contribution in [0.2, 0.25) is 0 Å². The molecule has 3 nitrogen and oxygen atoms in total. The van der Waals surface area contributed by atoms with Gasteiger partial charge >= 0.3 is 0 Å². The molecule has 0 aliphatic carbocycles. The van der Waals surface area contributed by atoms with Crippen molar-refractivity contribution in [3.05, 3.63) is 59.9 Å². The Bertz CT molecular complexity index is 586. The molecule has 1 aromatic heterocycles. The van der Waals surface area contributed by atoms with Gasteiger partial charge in [0, 0.05) is 38.1 Å². The van der Waals surface area contributed by atoms with Gasteiger partial charge in [-0.15, -0.1) is 0 Å². The Labute approximate surface area is 126 Å². The number of hydrogen-bond donors (Lipinski definition) is 0. The summed E-state index contributed by atoms with van der Waals surface area (Å²) >= 11 is 0. The van der Waals surface area contributed by atoms with Crippen LogP contribution >= 0.6 is 0 Å². The van der Waals surface area contributed by atoms with Gasteiger partial charge in [-0.1, -0.05) is 30.3 Å². The maximum Gasteiger partial charge on any atom is 0.0756 e. The lowest BCUT2D eigenvalue weighted by Gasteiger charge is -2.38. The van der Waals surface area contributed by atoms with E-state index in [0.29, 0.717) is 12.0 Å². The first-order chi connectivity index (χ1) is 10.4. The monoisotopic (exact) mass is 282 g/mol. The lowest BCUT2D eigenvalue weighted by molar-refractivity contribution is 0.136. The van der Waals surface area contributed by atoms with Crippen LogP contribution in [-0.4, -0.2) is 35.8 Å². The lowest BCUT2D eigenvalue weighted by Crippen LogP contribution is -2.41. The molecule has 1 fully saturated rings. The average Bonchev–Trinajstić information content (AvgIpc) is 3.19. The molecular weight excluding hydrogens is 260 g/mol. The normalized spacial score (nSPS) is 25.9. The standard InChI is InChI=1S/C18H22N2O/c1-2-5-16(6-3-1)18-17-7-4-9-19(17)10-11-20(18)13-15-8-12-21-14-15/h1-7,9,15,18H,8,10-14H2. The zero-order valence-corrected chi connectivity index (χ0v) is 12.3. The minimum atomic E-state index is 0.385. The van der Waals surface area contributed by atoms with Gasteiger partial charge in [0.15, 0.2) is 0 Å². The Balaban J connectivity index is 1.66. The summed E-state index contributed by atoms with van der Waals surface area (Å²) in [5.74, 6) is 0.692. The van der Waals surface area contributed by atoms with E-state index in [4.69, 9.17) is 4.74 Å². The Morgan fingerprint density at radius 1 is 1.05 bits per heavy atom. The van der Waals surface area contributed by atoms with Crippen LogP contribution in [0.15, 0.2) is 48.7 Å². The fourth-order valence-corrected chi connectivity index (χ4v) is 3.70. The molecule has 4 rings (SSSR count). The summed E-state index contributed by atoms with van der Waals surface area (Å²) in [6.45, 7) is 5.23. The minimum absolute atomic E-state index is 0.385. The zero-order chi connectivity index (χ0) is 14.1. The number of ether oxygens (including phenoxy) is 1. The van der Waals surface area contributed by atoms with Gasteiger partial charge in [-0.3, -0.25) is 4.90 Å². The van der Waals surface area contributed by atoms with Crippen molar-refractivity contribution < 1.29 is 4.74 Å². The first-order valence-corrected chi connectivity index (χ1v) is 7.93. The molecule has 0 saturated carbocycles. The van der Waals surface area contributed by atoms with Gasteiger partial charge in [-0.05, 0) is 30.0 Å². The average molecular weight is 282 g/mol. The second-order valence-electron chi connectivity index (χ2n) is 6.16. The van der Waals surface area contributed by atoms with E-state index in [-0.39, 0.29) is 0 Å². The molecule has 110 valence electrons. The van der Waals surface area contributed by atoms with Crippen molar-refractivity contribution in [2.24, 2.45) is 5.92 Å². The molecule has 0 N–H and O–H groups in total. The van der Waals surface area contributed by atoms with Gasteiger partial charge in [0.05, 0.1) is 12.6 Å². The molecule has 3 heterocycles.